The highest BCUT2D eigenvalue weighted by Gasteiger charge is 2.44. The van der Waals surface area contributed by atoms with Crippen LogP contribution in [0.2, 0.25) is 0 Å². The van der Waals surface area contributed by atoms with Gasteiger partial charge in [0.05, 0.1) is 12.1 Å². The molecule has 3 atom stereocenters. The van der Waals surface area contributed by atoms with E-state index in [-0.39, 0.29) is 24.7 Å². The number of benzene rings is 2. The molecule has 2 aliphatic rings. The second-order valence-electron chi connectivity index (χ2n) is 6.89. The lowest BCUT2D eigenvalue weighted by atomic mass is 9.93. The minimum Gasteiger partial charge on any atom is -0.366 e. The van der Waals surface area contributed by atoms with Crippen LogP contribution in [-0.4, -0.2) is 49.2 Å². The Balaban J connectivity index is 1.53. The van der Waals surface area contributed by atoms with Crippen molar-refractivity contribution >= 4 is 5.91 Å². The molecule has 0 bridgehead atoms. The Morgan fingerprint density at radius 3 is 2.52 bits per heavy atom. The van der Waals surface area contributed by atoms with Crippen molar-refractivity contribution in [3.63, 3.8) is 0 Å². The third-order valence-electron chi connectivity index (χ3n) is 5.35. The SMILES string of the molecule is O=C1CO[C@@H]2[C@@H](c3ccccc3)CN(CCc3ccccc3)[C@@H]2CN1. The summed E-state index contributed by atoms with van der Waals surface area (Å²) >= 11 is 0. The van der Waals surface area contributed by atoms with Crippen molar-refractivity contribution < 1.29 is 9.53 Å². The van der Waals surface area contributed by atoms with Gasteiger partial charge in [-0.25, -0.2) is 0 Å². The lowest BCUT2D eigenvalue weighted by molar-refractivity contribution is -0.125. The van der Waals surface area contributed by atoms with Crippen LogP contribution < -0.4 is 5.32 Å². The van der Waals surface area contributed by atoms with Crippen molar-refractivity contribution in [3.8, 4) is 0 Å². The molecule has 0 saturated carbocycles. The maximum Gasteiger partial charge on any atom is 0.246 e. The Kier molecular flexibility index (Phi) is 4.81. The van der Waals surface area contributed by atoms with Crippen LogP contribution in [0.5, 0.6) is 0 Å². The van der Waals surface area contributed by atoms with Crippen LogP contribution in [0.15, 0.2) is 60.7 Å². The van der Waals surface area contributed by atoms with Gasteiger partial charge < -0.3 is 10.1 Å². The number of nitrogens with one attached hydrogen (secondary N) is 1. The Bertz CT molecular complexity index is 704. The Hall–Kier alpha value is -2.17. The summed E-state index contributed by atoms with van der Waals surface area (Å²) in [6.07, 6.45) is 1.08. The van der Waals surface area contributed by atoms with Gasteiger partial charge in [0.2, 0.25) is 5.91 Å². The first-order valence-electron chi connectivity index (χ1n) is 9.02. The number of hydrogen-bond donors (Lipinski definition) is 1. The second kappa shape index (κ2) is 7.38. The number of nitrogens with zero attached hydrogens (tertiary/aromatic N) is 1. The molecule has 4 rings (SSSR count). The van der Waals surface area contributed by atoms with Gasteiger partial charge in [-0.3, -0.25) is 9.69 Å². The summed E-state index contributed by atoms with van der Waals surface area (Å²) in [6, 6.07) is 21.4. The summed E-state index contributed by atoms with van der Waals surface area (Å²) in [6.45, 7) is 2.79. The van der Waals surface area contributed by atoms with Gasteiger partial charge in [-0.2, -0.15) is 0 Å². The monoisotopic (exact) mass is 336 g/mol. The molecule has 2 saturated heterocycles. The maximum absolute atomic E-state index is 11.8. The predicted octanol–water partition coefficient (Wildman–Crippen LogP) is 2.21. The molecule has 25 heavy (non-hydrogen) atoms. The zero-order valence-electron chi connectivity index (χ0n) is 14.3. The molecule has 0 spiro atoms. The smallest absolute Gasteiger partial charge is 0.246 e. The van der Waals surface area contributed by atoms with Gasteiger partial charge >= 0.3 is 0 Å². The quantitative estimate of drug-likeness (QED) is 0.931. The fourth-order valence-corrected chi connectivity index (χ4v) is 4.05. The molecule has 4 nitrogen and oxygen atoms in total. The molecule has 130 valence electrons. The van der Waals surface area contributed by atoms with Crippen molar-refractivity contribution in [1.29, 1.82) is 0 Å². The van der Waals surface area contributed by atoms with Crippen LogP contribution in [-0.2, 0) is 16.0 Å². The van der Waals surface area contributed by atoms with E-state index in [4.69, 9.17) is 4.74 Å². The summed E-state index contributed by atoms with van der Waals surface area (Å²) in [5.74, 6) is 0.305. The zero-order valence-corrected chi connectivity index (χ0v) is 14.3. The summed E-state index contributed by atoms with van der Waals surface area (Å²) < 4.78 is 6.03. The van der Waals surface area contributed by atoms with Gasteiger partial charge in [0.1, 0.15) is 6.61 Å². The van der Waals surface area contributed by atoms with E-state index in [9.17, 15) is 4.79 Å². The fourth-order valence-electron chi connectivity index (χ4n) is 4.05. The second-order valence-corrected chi connectivity index (χ2v) is 6.89. The van der Waals surface area contributed by atoms with E-state index < -0.39 is 0 Å². The number of fused-ring (bicyclic) bond motifs is 1. The van der Waals surface area contributed by atoms with Gasteiger partial charge in [-0.05, 0) is 17.5 Å². The normalized spacial score (nSPS) is 26.7. The highest BCUT2D eigenvalue weighted by molar-refractivity contribution is 5.77. The third-order valence-corrected chi connectivity index (χ3v) is 5.35. The molecule has 0 aromatic heterocycles. The molecular weight excluding hydrogens is 312 g/mol. The topological polar surface area (TPSA) is 41.6 Å². The third kappa shape index (κ3) is 3.60. The average molecular weight is 336 g/mol. The minimum atomic E-state index is -0.00998. The summed E-state index contributed by atoms with van der Waals surface area (Å²) in [4.78, 5) is 14.3. The average Bonchev–Trinajstić information content (AvgIpc) is 2.90. The number of rotatable bonds is 4. The first-order valence-corrected chi connectivity index (χ1v) is 9.02. The molecule has 0 unspecified atom stereocenters. The van der Waals surface area contributed by atoms with Crippen molar-refractivity contribution in [2.45, 2.75) is 24.5 Å². The first-order chi connectivity index (χ1) is 12.3. The number of hydrogen-bond acceptors (Lipinski definition) is 3. The van der Waals surface area contributed by atoms with Crippen LogP contribution in [0.3, 0.4) is 0 Å². The van der Waals surface area contributed by atoms with E-state index in [2.05, 4.69) is 64.8 Å². The molecular formula is C21H24N2O2. The maximum atomic E-state index is 11.8. The standard InChI is InChI=1S/C21H24N2O2/c24-20-15-25-21-18(17-9-5-2-6-10-17)14-23(19(21)13-22-20)12-11-16-7-3-1-4-8-16/h1-10,18-19,21H,11-15H2,(H,22,24)/t18-,19-,21-/m1/s1. The van der Waals surface area contributed by atoms with Gasteiger partial charge in [-0.1, -0.05) is 60.7 Å². The molecule has 2 aliphatic heterocycles. The van der Waals surface area contributed by atoms with Crippen molar-refractivity contribution in [2.24, 2.45) is 0 Å². The molecule has 2 heterocycles. The fraction of sp³-hybridized carbons (Fsp3) is 0.381. The van der Waals surface area contributed by atoms with E-state index in [1.165, 1.54) is 11.1 Å². The van der Waals surface area contributed by atoms with E-state index in [1.54, 1.807) is 0 Å². The predicted molar refractivity (Wildman–Crippen MR) is 97.4 cm³/mol. The largest absolute Gasteiger partial charge is 0.366 e. The highest BCUT2D eigenvalue weighted by Crippen LogP contribution is 2.35. The van der Waals surface area contributed by atoms with E-state index in [0.717, 1.165) is 19.5 Å². The van der Waals surface area contributed by atoms with E-state index in [1.807, 2.05) is 6.07 Å². The van der Waals surface area contributed by atoms with Crippen molar-refractivity contribution in [2.75, 3.05) is 26.2 Å². The van der Waals surface area contributed by atoms with Crippen LogP contribution in [0.25, 0.3) is 0 Å². The molecule has 0 radical (unpaired) electrons. The molecule has 2 aromatic rings. The number of likely N-dealkylation sites (tertiary alicyclic amines) is 1. The number of carbonyl (C=O) groups is 1. The van der Waals surface area contributed by atoms with Gasteiger partial charge in [-0.15, -0.1) is 0 Å². The molecule has 1 N–H and O–H groups in total. The summed E-state index contributed by atoms with van der Waals surface area (Å²) in [5, 5.41) is 3.01. The Morgan fingerprint density at radius 1 is 1.04 bits per heavy atom. The van der Waals surface area contributed by atoms with Crippen LogP contribution in [0.4, 0.5) is 0 Å². The summed E-state index contributed by atoms with van der Waals surface area (Å²) in [5.41, 5.74) is 2.65. The van der Waals surface area contributed by atoms with Crippen LogP contribution in [0, 0.1) is 0 Å². The number of carbonyl (C=O) groups excluding carboxylic acids is 1. The first kappa shape index (κ1) is 16.3. The van der Waals surface area contributed by atoms with Gasteiger partial charge in [0.15, 0.2) is 0 Å². The highest BCUT2D eigenvalue weighted by atomic mass is 16.5. The van der Waals surface area contributed by atoms with E-state index in [0.29, 0.717) is 12.5 Å². The zero-order chi connectivity index (χ0) is 17.1. The van der Waals surface area contributed by atoms with Gasteiger partial charge in [0.25, 0.3) is 0 Å². The Morgan fingerprint density at radius 2 is 1.76 bits per heavy atom. The molecule has 2 fully saturated rings. The molecule has 2 aromatic carbocycles. The molecule has 4 heteroatoms. The van der Waals surface area contributed by atoms with Crippen LogP contribution in [0.1, 0.15) is 17.0 Å². The lowest BCUT2D eigenvalue weighted by Crippen LogP contribution is -2.43. The van der Waals surface area contributed by atoms with Crippen molar-refractivity contribution in [1.82, 2.24) is 10.2 Å². The Labute approximate surface area is 148 Å². The lowest BCUT2D eigenvalue weighted by Gasteiger charge is -2.26. The van der Waals surface area contributed by atoms with Crippen LogP contribution >= 0.6 is 0 Å². The summed E-state index contributed by atoms with van der Waals surface area (Å²) in [7, 11) is 0. The van der Waals surface area contributed by atoms with Gasteiger partial charge in [0, 0.05) is 25.6 Å². The van der Waals surface area contributed by atoms with E-state index >= 15 is 0 Å². The number of ether oxygens (including phenoxy) is 1. The molecule has 0 aliphatic carbocycles. The minimum absolute atomic E-state index is 0.00998. The number of amides is 1. The van der Waals surface area contributed by atoms with Crippen molar-refractivity contribution in [3.05, 3.63) is 71.8 Å². The molecule has 1 amide bonds.